The zero-order valence-corrected chi connectivity index (χ0v) is 17.6. The summed E-state index contributed by atoms with van der Waals surface area (Å²) in [5.41, 5.74) is -0.409. The number of benzene rings is 2. The van der Waals surface area contributed by atoms with E-state index < -0.39 is 43.9 Å². The van der Waals surface area contributed by atoms with E-state index in [1.165, 1.54) is 24.3 Å². The van der Waals surface area contributed by atoms with E-state index in [0.29, 0.717) is 6.42 Å². The lowest BCUT2D eigenvalue weighted by Crippen LogP contribution is -2.68. The first-order valence-corrected chi connectivity index (χ1v) is 11.7. The minimum Gasteiger partial charge on any atom is -0.454 e. The Morgan fingerprint density at radius 3 is 2.56 bits per heavy atom. The van der Waals surface area contributed by atoms with Gasteiger partial charge in [0, 0.05) is 12.1 Å². The van der Waals surface area contributed by atoms with Gasteiger partial charge in [0.05, 0.1) is 22.6 Å². The summed E-state index contributed by atoms with van der Waals surface area (Å²) in [4.78, 5) is 23.3. The highest BCUT2D eigenvalue weighted by molar-refractivity contribution is 7.90. The van der Waals surface area contributed by atoms with Crippen molar-refractivity contribution in [1.82, 2.24) is 4.72 Å². The van der Waals surface area contributed by atoms with Crippen LogP contribution >= 0.6 is 0 Å². The molecule has 2 bridgehead atoms. The molecule has 5 atom stereocenters. The largest absolute Gasteiger partial charge is 0.454 e. The molecule has 0 unspecified atom stereocenters. The molecule has 1 spiro atoms. The first kappa shape index (κ1) is 20.8. The van der Waals surface area contributed by atoms with Gasteiger partial charge in [0.2, 0.25) is 10.0 Å². The topological polar surface area (TPSA) is 125 Å². The molecule has 166 valence electrons. The number of non-ortho nitro benzene ring substituents is 1. The van der Waals surface area contributed by atoms with Gasteiger partial charge >= 0.3 is 5.97 Å². The first-order chi connectivity index (χ1) is 15.3. The third-order valence-corrected chi connectivity index (χ3v) is 8.16. The number of nitrogens with one attached hydrogen (secondary N) is 1. The Hall–Kier alpha value is -3.08. The SMILES string of the molecule is O=C(O[C@H]1[C@H](Cc2ccccc2)NS(=O)(=O)[C@H]2C[C@@H]3C=C[C@]12O3)c1ccc([N+](=O)[O-])cc1. The molecule has 0 amide bonds. The van der Waals surface area contributed by atoms with Gasteiger partial charge in [-0.2, -0.15) is 0 Å². The first-order valence-electron chi connectivity index (χ1n) is 10.2. The normalized spacial score (nSPS) is 31.8. The van der Waals surface area contributed by atoms with Gasteiger partial charge in [0.1, 0.15) is 10.9 Å². The third kappa shape index (κ3) is 3.40. The molecule has 1 N–H and O–H groups in total. The standard InChI is InChI=1S/C22H20N2O7S/c25-21(15-6-8-16(9-7-15)24(26)27)30-20-18(12-14-4-2-1-3-5-14)23-32(28,29)19-13-17-10-11-22(19,20)31-17/h1-11,17-20,23H,12-13H2/t17-,18-,19-,20-,22+/m0/s1. The van der Waals surface area contributed by atoms with Gasteiger partial charge in [0.15, 0.2) is 6.10 Å². The Kier molecular flexibility index (Phi) is 4.88. The van der Waals surface area contributed by atoms with Gasteiger partial charge in [-0.05, 0) is 36.6 Å². The maximum absolute atomic E-state index is 13.0. The Morgan fingerprint density at radius 1 is 1.19 bits per heavy atom. The zero-order chi connectivity index (χ0) is 22.5. The second-order valence-corrected chi connectivity index (χ2v) is 10.1. The van der Waals surface area contributed by atoms with E-state index in [0.717, 1.165) is 5.56 Å². The van der Waals surface area contributed by atoms with Crippen molar-refractivity contribution >= 4 is 21.7 Å². The van der Waals surface area contributed by atoms with Crippen molar-refractivity contribution in [3.8, 4) is 0 Å². The number of ether oxygens (including phenoxy) is 2. The number of carbonyl (C=O) groups is 1. The molecule has 3 aliphatic heterocycles. The summed E-state index contributed by atoms with van der Waals surface area (Å²) in [5, 5.41) is 10.0. The van der Waals surface area contributed by atoms with Gasteiger partial charge in [-0.3, -0.25) is 10.1 Å². The molecule has 0 radical (unpaired) electrons. The second kappa shape index (κ2) is 7.51. The summed E-state index contributed by atoms with van der Waals surface area (Å²) in [6.45, 7) is 0. The van der Waals surface area contributed by atoms with Crippen LogP contribution in [-0.4, -0.2) is 48.4 Å². The number of nitrogens with zero attached hydrogens (tertiary/aromatic N) is 1. The smallest absolute Gasteiger partial charge is 0.338 e. The monoisotopic (exact) mass is 456 g/mol. The van der Waals surface area contributed by atoms with Gasteiger partial charge in [-0.1, -0.05) is 36.4 Å². The summed E-state index contributed by atoms with van der Waals surface area (Å²) in [6, 6.07) is 13.6. The van der Waals surface area contributed by atoms with Gasteiger partial charge in [-0.25, -0.2) is 17.9 Å². The lowest BCUT2D eigenvalue weighted by molar-refractivity contribution is -0.384. The average molecular weight is 456 g/mol. The average Bonchev–Trinajstić information content (AvgIpc) is 3.37. The van der Waals surface area contributed by atoms with E-state index in [4.69, 9.17) is 9.47 Å². The number of sulfonamides is 1. The fourth-order valence-electron chi connectivity index (χ4n) is 4.78. The van der Waals surface area contributed by atoms with Crippen LogP contribution in [0.5, 0.6) is 0 Å². The van der Waals surface area contributed by atoms with Crippen molar-refractivity contribution in [2.24, 2.45) is 0 Å². The minimum atomic E-state index is -3.71. The van der Waals surface area contributed by atoms with Crippen molar-refractivity contribution in [2.75, 3.05) is 0 Å². The Labute approximate surface area is 184 Å². The van der Waals surface area contributed by atoms with Crippen LogP contribution in [0.3, 0.4) is 0 Å². The Balaban J connectivity index is 1.49. The highest BCUT2D eigenvalue weighted by Gasteiger charge is 2.66. The van der Waals surface area contributed by atoms with E-state index in [1.54, 1.807) is 6.08 Å². The van der Waals surface area contributed by atoms with Crippen LogP contribution in [0.2, 0.25) is 0 Å². The summed E-state index contributed by atoms with van der Waals surface area (Å²) in [6.07, 6.45) is 2.83. The van der Waals surface area contributed by atoms with Crippen molar-refractivity contribution in [3.05, 3.63) is 88.0 Å². The predicted molar refractivity (Wildman–Crippen MR) is 113 cm³/mol. The maximum Gasteiger partial charge on any atom is 0.338 e. The number of fused-ring (bicyclic) bond motifs is 1. The minimum absolute atomic E-state index is 0.131. The third-order valence-electron chi connectivity index (χ3n) is 6.22. The van der Waals surface area contributed by atoms with E-state index in [2.05, 4.69) is 4.72 Å². The molecule has 2 aromatic rings. The van der Waals surface area contributed by atoms with Crippen LogP contribution in [0.25, 0.3) is 0 Å². The fraction of sp³-hybridized carbons (Fsp3) is 0.318. The fourth-order valence-corrected chi connectivity index (χ4v) is 6.77. The second-order valence-electron chi connectivity index (χ2n) is 8.18. The van der Waals surface area contributed by atoms with E-state index in [-0.39, 0.29) is 23.8 Å². The zero-order valence-electron chi connectivity index (χ0n) is 16.8. The van der Waals surface area contributed by atoms with Gasteiger partial charge in [0.25, 0.3) is 5.69 Å². The van der Waals surface area contributed by atoms with Crippen LogP contribution in [0.15, 0.2) is 66.7 Å². The molecule has 0 aliphatic carbocycles. The summed E-state index contributed by atoms with van der Waals surface area (Å²) in [7, 11) is -3.71. The Bertz CT molecular complexity index is 1200. The van der Waals surface area contributed by atoms with Crippen LogP contribution in [0.1, 0.15) is 22.3 Å². The molecule has 2 fully saturated rings. The molecule has 32 heavy (non-hydrogen) atoms. The van der Waals surface area contributed by atoms with E-state index in [1.807, 2.05) is 36.4 Å². The van der Waals surface area contributed by atoms with Gasteiger partial charge < -0.3 is 9.47 Å². The number of carbonyl (C=O) groups excluding carboxylic acids is 1. The molecule has 5 rings (SSSR count). The molecular formula is C22H20N2O7S. The van der Waals surface area contributed by atoms with Crippen LogP contribution in [0, 0.1) is 10.1 Å². The van der Waals surface area contributed by atoms with E-state index >= 15 is 0 Å². The number of rotatable bonds is 5. The molecule has 3 heterocycles. The number of nitro groups is 1. The van der Waals surface area contributed by atoms with Gasteiger partial charge in [-0.15, -0.1) is 0 Å². The maximum atomic E-state index is 13.0. The van der Waals surface area contributed by atoms with Crippen molar-refractivity contribution < 1.29 is 27.6 Å². The molecule has 3 aliphatic rings. The summed E-state index contributed by atoms with van der Waals surface area (Å²) >= 11 is 0. The molecule has 0 saturated carbocycles. The van der Waals surface area contributed by atoms with E-state index in [9.17, 15) is 23.3 Å². The molecule has 2 saturated heterocycles. The summed E-state index contributed by atoms with van der Waals surface area (Å²) < 4.78 is 40.7. The summed E-state index contributed by atoms with van der Waals surface area (Å²) in [5.74, 6) is -0.704. The van der Waals surface area contributed by atoms with Crippen molar-refractivity contribution in [3.63, 3.8) is 0 Å². The van der Waals surface area contributed by atoms with Crippen LogP contribution in [-0.2, 0) is 25.9 Å². The molecule has 0 aromatic heterocycles. The highest BCUT2D eigenvalue weighted by atomic mass is 32.2. The predicted octanol–water partition coefficient (Wildman–Crippen LogP) is 2.13. The number of hydrogen-bond donors (Lipinski definition) is 1. The lowest BCUT2D eigenvalue weighted by atomic mass is 9.83. The Morgan fingerprint density at radius 2 is 1.91 bits per heavy atom. The molecular weight excluding hydrogens is 436 g/mol. The quantitative estimate of drug-likeness (QED) is 0.316. The molecule has 10 heteroatoms. The molecule has 2 aromatic carbocycles. The van der Waals surface area contributed by atoms with Crippen molar-refractivity contribution in [1.29, 1.82) is 0 Å². The molecule has 9 nitrogen and oxygen atoms in total. The van der Waals surface area contributed by atoms with Crippen molar-refractivity contribution in [2.45, 2.75) is 41.9 Å². The number of nitro benzene ring substituents is 1. The number of esters is 1. The van der Waals surface area contributed by atoms with Crippen LogP contribution < -0.4 is 4.72 Å². The lowest BCUT2D eigenvalue weighted by Gasteiger charge is -2.45. The highest BCUT2D eigenvalue weighted by Crippen LogP contribution is 2.48. The number of hydrogen-bond acceptors (Lipinski definition) is 7. The van der Waals surface area contributed by atoms with Crippen LogP contribution in [0.4, 0.5) is 5.69 Å².